The summed E-state index contributed by atoms with van der Waals surface area (Å²) < 4.78 is 21.1. The molecule has 0 unspecified atom stereocenters. The van der Waals surface area contributed by atoms with Crippen molar-refractivity contribution in [3.63, 3.8) is 0 Å². The summed E-state index contributed by atoms with van der Waals surface area (Å²) in [6, 6.07) is 19.2. The van der Waals surface area contributed by atoms with Crippen LogP contribution in [0, 0.1) is 0 Å². The second-order valence-corrected chi connectivity index (χ2v) is 20.0. The van der Waals surface area contributed by atoms with Gasteiger partial charge in [0, 0.05) is 16.7 Å². The highest BCUT2D eigenvalue weighted by atomic mass is 31.2. The molecule has 0 spiro atoms. The number of rotatable bonds is 6. The van der Waals surface area contributed by atoms with Crippen LogP contribution >= 0.6 is 8.60 Å². The zero-order chi connectivity index (χ0) is 35.3. The summed E-state index contributed by atoms with van der Waals surface area (Å²) >= 11 is 0. The molecule has 0 aliphatic carbocycles. The minimum Gasteiger partial charge on any atom is -0.408 e. The highest BCUT2D eigenvalue weighted by Gasteiger charge is 2.36. The molecule has 3 aromatic rings. The van der Waals surface area contributed by atoms with Gasteiger partial charge in [0.15, 0.2) is 0 Å². The van der Waals surface area contributed by atoms with Gasteiger partial charge >= 0.3 is 8.60 Å². The topological polar surface area (TPSA) is 27.7 Å². The normalized spacial score (nSPS) is 13.6. The van der Waals surface area contributed by atoms with E-state index in [4.69, 9.17) is 13.6 Å². The predicted molar refractivity (Wildman–Crippen MR) is 200 cm³/mol. The third kappa shape index (κ3) is 8.89. The molecule has 0 radical (unpaired) electrons. The minimum atomic E-state index is -1.92. The van der Waals surface area contributed by atoms with E-state index in [1.807, 2.05) is 0 Å². The van der Waals surface area contributed by atoms with E-state index in [1.165, 1.54) is 33.4 Å². The minimum absolute atomic E-state index is 0.0622. The highest BCUT2D eigenvalue weighted by Crippen LogP contribution is 2.52. The van der Waals surface area contributed by atoms with Gasteiger partial charge < -0.3 is 13.6 Å². The van der Waals surface area contributed by atoms with Crippen LogP contribution < -0.4 is 13.6 Å². The van der Waals surface area contributed by atoms with Crippen LogP contribution in [0.2, 0.25) is 0 Å². The zero-order valence-corrected chi connectivity index (χ0v) is 33.3. The van der Waals surface area contributed by atoms with Crippen LogP contribution in [0.5, 0.6) is 17.2 Å². The Morgan fingerprint density at radius 3 is 0.717 bits per heavy atom. The van der Waals surface area contributed by atoms with Crippen LogP contribution in [0.4, 0.5) is 0 Å². The summed E-state index contributed by atoms with van der Waals surface area (Å²) in [5, 5.41) is 0. The molecule has 0 heterocycles. The third-order valence-electron chi connectivity index (χ3n) is 8.27. The standard InChI is InChI=1S/C42H63O3P/c1-37(2,3)28-22-19-25-31(34(28)40(10,11)12)43-46(44-32-26-20-23-29(38(4,5)6)35(32)41(13,14)15)45-33-27-21-24-30(39(7,8)9)36(33)42(16,17)18/h19-27H,1-18H3. The summed E-state index contributed by atoms with van der Waals surface area (Å²) in [6.45, 7) is 40.6. The molecule has 0 aliphatic heterocycles. The fraction of sp³-hybridized carbons (Fsp3) is 0.571. The second-order valence-electron chi connectivity index (χ2n) is 19.0. The highest BCUT2D eigenvalue weighted by molar-refractivity contribution is 7.43. The van der Waals surface area contributed by atoms with E-state index >= 15 is 0 Å². The second kappa shape index (κ2) is 12.8. The van der Waals surface area contributed by atoms with Crippen LogP contribution in [0.3, 0.4) is 0 Å². The monoisotopic (exact) mass is 646 g/mol. The molecular formula is C42H63O3P. The fourth-order valence-corrected chi connectivity index (χ4v) is 7.36. The largest absolute Gasteiger partial charge is 0.530 e. The smallest absolute Gasteiger partial charge is 0.408 e. The van der Waals surface area contributed by atoms with E-state index in [1.54, 1.807) is 0 Å². The van der Waals surface area contributed by atoms with E-state index in [-0.39, 0.29) is 32.5 Å². The van der Waals surface area contributed by atoms with Gasteiger partial charge in [-0.2, -0.15) is 0 Å². The van der Waals surface area contributed by atoms with Gasteiger partial charge in [-0.05, 0) is 67.4 Å². The molecule has 0 N–H and O–H groups in total. The Bertz CT molecular complexity index is 1320. The molecule has 254 valence electrons. The van der Waals surface area contributed by atoms with Crippen LogP contribution in [0.15, 0.2) is 54.6 Å². The van der Waals surface area contributed by atoms with Crippen molar-refractivity contribution in [3.8, 4) is 17.2 Å². The number of hydrogen-bond donors (Lipinski definition) is 0. The van der Waals surface area contributed by atoms with Crippen molar-refractivity contribution < 1.29 is 13.6 Å². The maximum Gasteiger partial charge on any atom is 0.530 e. The summed E-state index contributed by atoms with van der Waals surface area (Å²) in [6.07, 6.45) is 0. The molecule has 0 aliphatic rings. The molecule has 0 aromatic heterocycles. The van der Waals surface area contributed by atoms with Crippen LogP contribution in [-0.4, -0.2) is 0 Å². The van der Waals surface area contributed by atoms with Crippen molar-refractivity contribution in [2.24, 2.45) is 0 Å². The average Bonchev–Trinajstić information content (AvgIpc) is 2.84. The Balaban J connectivity index is 2.34. The lowest BCUT2D eigenvalue weighted by atomic mass is 9.75. The van der Waals surface area contributed by atoms with E-state index < -0.39 is 8.60 Å². The lowest BCUT2D eigenvalue weighted by Gasteiger charge is -2.35. The van der Waals surface area contributed by atoms with Gasteiger partial charge in [0.2, 0.25) is 0 Å². The molecular weight excluding hydrogens is 583 g/mol. The lowest BCUT2D eigenvalue weighted by molar-refractivity contribution is 0.368. The Morgan fingerprint density at radius 1 is 0.326 bits per heavy atom. The average molecular weight is 647 g/mol. The first kappa shape index (κ1) is 37.9. The van der Waals surface area contributed by atoms with Crippen molar-refractivity contribution in [1.82, 2.24) is 0 Å². The maximum atomic E-state index is 7.02. The Morgan fingerprint density at radius 2 is 0.543 bits per heavy atom. The molecule has 0 saturated heterocycles. The SMILES string of the molecule is CC(C)(C)c1cccc(OP(Oc2cccc(C(C)(C)C)c2C(C)(C)C)Oc2cccc(C(C)(C)C)c2C(C)(C)C)c1C(C)(C)C. The van der Waals surface area contributed by atoms with Gasteiger partial charge in [0.05, 0.1) is 0 Å². The first-order valence-electron chi connectivity index (χ1n) is 16.9. The molecule has 46 heavy (non-hydrogen) atoms. The molecule has 0 amide bonds. The van der Waals surface area contributed by atoms with Crippen LogP contribution in [-0.2, 0) is 32.5 Å². The van der Waals surface area contributed by atoms with Crippen molar-refractivity contribution in [2.75, 3.05) is 0 Å². The van der Waals surface area contributed by atoms with Gasteiger partial charge in [-0.15, -0.1) is 0 Å². The van der Waals surface area contributed by atoms with Gasteiger partial charge in [-0.3, -0.25) is 0 Å². The molecule has 3 rings (SSSR count). The molecule has 3 aromatic carbocycles. The molecule has 0 fully saturated rings. The first-order chi connectivity index (χ1) is 20.6. The molecule has 0 atom stereocenters. The summed E-state index contributed by atoms with van der Waals surface area (Å²) in [5.41, 5.74) is 6.67. The molecule has 0 bridgehead atoms. The van der Waals surface area contributed by atoms with Gasteiger partial charge in [0.1, 0.15) is 17.2 Å². The quantitative estimate of drug-likeness (QED) is 0.249. The van der Waals surface area contributed by atoms with E-state index in [0.717, 1.165) is 17.2 Å². The molecule has 4 heteroatoms. The Hall–Kier alpha value is -2.51. The van der Waals surface area contributed by atoms with Crippen LogP contribution in [0.1, 0.15) is 158 Å². The third-order valence-corrected chi connectivity index (χ3v) is 9.31. The van der Waals surface area contributed by atoms with Gasteiger partial charge in [-0.1, -0.05) is 161 Å². The summed E-state index contributed by atoms with van der Waals surface area (Å²) in [4.78, 5) is 0. The van der Waals surface area contributed by atoms with Crippen LogP contribution in [0.25, 0.3) is 0 Å². The van der Waals surface area contributed by atoms with Crippen molar-refractivity contribution in [3.05, 3.63) is 88.0 Å². The summed E-state index contributed by atoms with van der Waals surface area (Å²) in [7, 11) is -1.92. The van der Waals surface area contributed by atoms with Gasteiger partial charge in [0.25, 0.3) is 0 Å². The van der Waals surface area contributed by atoms with Crippen molar-refractivity contribution in [1.29, 1.82) is 0 Å². The Labute approximate surface area is 283 Å². The van der Waals surface area contributed by atoms with Crippen molar-refractivity contribution >= 4 is 8.60 Å². The number of hydrogen-bond acceptors (Lipinski definition) is 3. The number of benzene rings is 3. The molecule has 3 nitrogen and oxygen atoms in total. The van der Waals surface area contributed by atoms with E-state index in [0.29, 0.717) is 0 Å². The predicted octanol–water partition coefficient (Wildman–Crippen LogP) is 13.2. The lowest BCUT2D eigenvalue weighted by Crippen LogP contribution is -2.24. The van der Waals surface area contributed by atoms with E-state index in [9.17, 15) is 0 Å². The first-order valence-corrected chi connectivity index (χ1v) is 18.0. The fourth-order valence-electron chi connectivity index (χ4n) is 6.31. The summed E-state index contributed by atoms with van der Waals surface area (Å²) in [5.74, 6) is 2.42. The molecule has 0 saturated carbocycles. The van der Waals surface area contributed by atoms with Gasteiger partial charge in [-0.25, -0.2) is 0 Å². The van der Waals surface area contributed by atoms with Crippen molar-refractivity contribution in [2.45, 2.75) is 157 Å². The Kier molecular flexibility index (Phi) is 10.6. The zero-order valence-electron chi connectivity index (χ0n) is 32.4. The maximum absolute atomic E-state index is 7.02. The van der Waals surface area contributed by atoms with E-state index in [2.05, 4.69) is 179 Å².